The van der Waals surface area contributed by atoms with Crippen molar-refractivity contribution in [1.29, 1.82) is 0 Å². The number of aromatic amines is 1. The zero-order valence-corrected chi connectivity index (χ0v) is 19.7. The minimum absolute atomic E-state index is 0.0119. The number of H-pyrrole nitrogens is 1. The van der Waals surface area contributed by atoms with Gasteiger partial charge in [0.05, 0.1) is 17.4 Å². The Kier molecular flexibility index (Phi) is 7.73. The monoisotopic (exact) mass is 455 g/mol. The van der Waals surface area contributed by atoms with E-state index in [1.165, 1.54) is 0 Å². The Labute approximate surface area is 193 Å². The molecule has 33 heavy (non-hydrogen) atoms. The minimum atomic E-state index is -0.979. The number of anilines is 1. The van der Waals surface area contributed by atoms with Crippen molar-refractivity contribution in [2.45, 2.75) is 72.0 Å². The molecule has 178 valence electrons. The zero-order chi connectivity index (χ0) is 24.1. The van der Waals surface area contributed by atoms with Gasteiger partial charge in [0.1, 0.15) is 0 Å². The molecule has 2 amide bonds. The Morgan fingerprint density at radius 3 is 2.48 bits per heavy atom. The Balaban J connectivity index is 1.73. The number of nitrogens with zero attached hydrogens (tertiary/aromatic N) is 2. The predicted octanol–water partition coefficient (Wildman–Crippen LogP) is 3.03. The fourth-order valence-electron chi connectivity index (χ4n) is 4.73. The third-order valence-corrected chi connectivity index (χ3v) is 6.47. The minimum Gasteiger partial charge on any atom is -0.465 e. The van der Waals surface area contributed by atoms with Crippen molar-refractivity contribution < 1.29 is 14.7 Å². The van der Waals surface area contributed by atoms with Crippen LogP contribution >= 0.6 is 0 Å². The third kappa shape index (κ3) is 5.71. The number of hydrogen-bond donors (Lipinski definition) is 4. The lowest BCUT2D eigenvalue weighted by atomic mass is 9.89. The number of nitrogens with one attached hydrogen (secondary N) is 3. The normalized spacial score (nSPS) is 17.9. The first kappa shape index (κ1) is 24.3. The molecule has 9 heteroatoms. The Morgan fingerprint density at radius 1 is 1.18 bits per heavy atom. The molecule has 2 aromatic rings. The van der Waals surface area contributed by atoms with Crippen molar-refractivity contribution in [3.8, 4) is 0 Å². The van der Waals surface area contributed by atoms with Crippen molar-refractivity contribution in [3.05, 3.63) is 56.8 Å². The van der Waals surface area contributed by atoms with Crippen molar-refractivity contribution in [3.63, 3.8) is 0 Å². The number of amides is 2. The second-order valence-corrected chi connectivity index (χ2v) is 8.70. The largest absolute Gasteiger partial charge is 0.465 e. The van der Waals surface area contributed by atoms with Crippen LogP contribution in [0, 0.1) is 20.8 Å². The lowest BCUT2D eigenvalue weighted by Crippen LogP contribution is -2.44. The molecule has 0 saturated heterocycles. The van der Waals surface area contributed by atoms with E-state index in [1.54, 1.807) is 12.4 Å². The first-order valence-electron chi connectivity index (χ1n) is 11.4. The van der Waals surface area contributed by atoms with Crippen LogP contribution in [0.3, 0.4) is 0 Å². The predicted molar refractivity (Wildman–Crippen MR) is 127 cm³/mol. The highest BCUT2D eigenvalue weighted by atomic mass is 16.4. The van der Waals surface area contributed by atoms with E-state index >= 15 is 0 Å². The topological polar surface area (TPSA) is 127 Å². The van der Waals surface area contributed by atoms with E-state index in [4.69, 9.17) is 5.11 Å². The van der Waals surface area contributed by atoms with Crippen LogP contribution < -0.4 is 21.1 Å². The summed E-state index contributed by atoms with van der Waals surface area (Å²) in [6.45, 7) is 8.56. The molecule has 0 bridgehead atoms. The van der Waals surface area contributed by atoms with E-state index in [1.807, 2.05) is 26.8 Å². The number of aromatic nitrogens is 2. The summed E-state index contributed by atoms with van der Waals surface area (Å²) in [5.41, 5.74) is 4.19. The maximum Gasteiger partial charge on any atom is 0.404 e. The molecule has 0 unspecified atom stereocenters. The molecule has 0 spiro atoms. The molecule has 0 aromatic carbocycles. The molecule has 0 radical (unpaired) electrons. The molecule has 0 atom stereocenters. The Hall–Kier alpha value is -3.36. The van der Waals surface area contributed by atoms with Gasteiger partial charge >= 0.3 is 6.09 Å². The summed E-state index contributed by atoms with van der Waals surface area (Å²) in [6, 6.07) is 2.13. The molecule has 2 heterocycles. The maximum absolute atomic E-state index is 13.0. The molecular weight excluding hydrogens is 422 g/mol. The van der Waals surface area contributed by atoms with Crippen LogP contribution in [0.25, 0.3) is 0 Å². The van der Waals surface area contributed by atoms with Crippen molar-refractivity contribution >= 4 is 17.7 Å². The number of pyridine rings is 2. The molecule has 1 saturated carbocycles. The van der Waals surface area contributed by atoms with E-state index in [0.29, 0.717) is 11.1 Å². The molecule has 1 fully saturated rings. The highest BCUT2D eigenvalue weighted by molar-refractivity contribution is 5.96. The van der Waals surface area contributed by atoms with Crippen molar-refractivity contribution in [2.24, 2.45) is 0 Å². The first-order valence-corrected chi connectivity index (χ1v) is 11.4. The molecule has 1 aliphatic rings. The number of aryl methyl sites for hydroxylation is 2. The van der Waals surface area contributed by atoms with Crippen LogP contribution in [-0.4, -0.2) is 45.7 Å². The van der Waals surface area contributed by atoms with E-state index in [-0.39, 0.29) is 30.1 Å². The number of carboxylic acid groups (broad SMARTS) is 1. The number of hydrogen-bond acceptors (Lipinski definition) is 5. The Bertz CT molecular complexity index is 1070. The summed E-state index contributed by atoms with van der Waals surface area (Å²) in [6.07, 6.45) is 5.66. The van der Waals surface area contributed by atoms with Gasteiger partial charge < -0.3 is 25.6 Å². The van der Waals surface area contributed by atoms with E-state index in [2.05, 4.69) is 32.4 Å². The smallest absolute Gasteiger partial charge is 0.404 e. The summed E-state index contributed by atoms with van der Waals surface area (Å²) < 4.78 is 0. The Morgan fingerprint density at radius 2 is 1.88 bits per heavy atom. The van der Waals surface area contributed by atoms with Gasteiger partial charge in [0, 0.05) is 42.6 Å². The van der Waals surface area contributed by atoms with E-state index in [9.17, 15) is 14.4 Å². The van der Waals surface area contributed by atoms with Gasteiger partial charge in [0.25, 0.3) is 11.5 Å². The summed E-state index contributed by atoms with van der Waals surface area (Å²) in [5.74, 6) is -0.272. The molecule has 1 aliphatic carbocycles. The van der Waals surface area contributed by atoms with Crippen LogP contribution in [0.15, 0.2) is 23.3 Å². The standard InChI is InChI=1S/C24H33N5O4/c1-5-29(18-8-6-17(7-9-18)28-24(32)33)21-13-25-11-20(16(21)4)22(30)26-12-19-14(2)10-15(3)27-23(19)31/h10-11,13,17-18,28H,5-9,12H2,1-4H3,(H,26,30)(H,27,31)(H,32,33)/t17-,18-. The van der Waals surface area contributed by atoms with E-state index < -0.39 is 6.09 Å². The average molecular weight is 456 g/mol. The summed E-state index contributed by atoms with van der Waals surface area (Å²) in [5, 5.41) is 14.4. The lowest BCUT2D eigenvalue weighted by molar-refractivity contribution is 0.0949. The van der Waals surface area contributed by atoms with Crippen LogP contribution in [-0.2, 0) is 6.54 Å². The second kappa shape index (κ2) is 10.5. The summed E-state index contributed by atoms with van der Waals surface area (Å²) >= 11 is 0. The fourth-order valence-corrected chi connectivity index (χ4v) is 4.73. The van der Waals surface area contributed by atoms with Gasteiger partial charge in [-0.2, -0.15) is 0 Å². The maximum atomic E-state index is 13.0. The van der Waals surface area contributed by atoms with Gasteiger partial charge in [0.2, 0.25) is 0 Å². The van der Waals surface area contributed by atoms with Crippen LogP contribution in [0.1, 0.15) is 65.3 Å². The van der Waals surface area contributed by atoms with Crippen molar-refractivity contribution in [2.75, 3.05) is 11.4 Å². The van der Waals surface area contributed by atoms with Crippen LogP contribution in [0.4, 0.5) is 10.5 Å². The molecule has 0 aliphatic heterocycles. The van der Waals surface area contributed by atoms with Crippen LogP contribution in [0.2, 0.25) is 0 Å². The SMILES string of the molecule is CCN(c1cncc(C(=O)NCc2c(C)cc(C)[nH]c2=O)c1C)[C@H]1CC[C@H](NC(=O)O)CC1. The highest BCUT2D eigenvalue weighted by Gasteiger charge is 2.28. The van der Waals surface area contributed by atoms with Gasteiger partial charge in [-0.3, -0.25) is 14.6 Å². The number of carbonyl (C=O) groups is 2. The molecule has 4 N–H and O–H groups in total. The second-order valence-electron chi connectivity index (χ2n) is 8.70. The highest BCUT2D eigenvalue weighted by Crippen LogP contribution is 2.30. The quantitative estimate of drug-likeness (QED) is 0.508. The summed E-state index contributed by atoms with van der Waals surface area (Å²) in [7, 11) is 0. The first-order chi connectivity index (χ1) is 15.7. The van der Waals surface area contributed by atoms with Gasteiger partial charge in [-0.05, 0) is 70.6 Å². The molecule has 3 rings (SSSR count). The fraction of sp³-hybridized carbons (Fsp3) is 0.500. The number of rotatable bonds is 7. The number of carbonyl (C=O) groups excluding carboxylic acids is 1. The lowest BCUT2D eigenvalue weighted by Gasteiger charge is -2.38. The van der Waals surface area contributed by atoms with E-state index in [0.717, 1.165) is 54.7 Å². The third-order valence-electron chi connectivity index (χ3n) is 6.47. The van der Waals surface area contributed by atoms with Crippen LogP contribution in [0.5, 0.6) is 0 Å². The van der Waals surface area contributed by atoms with Gasteiger partial charge in [0.15, 0.2) is 0 Å². The van der Waals surface area contributed by atoms with Gasteiger partial charge in [-0.25, -0.2) is 4.79 Å². The molecule has 2 aromatic heterocycles. The zero-order valence-electron chi connectivity index (χ0n) is 19.7. The van der Waals surface area contributed by atoms with Crippen molar-refractivity contribution in [1.82, 2.24) is 20.6 Å². The van der Waals surface area contributed by atoms with Gasteiger partial charge in [-0.15, -0.1) is 0 Å². The summed E-state index contributed by atoms with van der Waals surface area (Å²) in [4.78, 5) is 45.5. The molecule has 9 nitrogen and oxygen atoms in total. The average Bonchev–Trinajstić information content (AvgIpc) is 2.75. The molecular formula is C24H33N5O4. The van der Waals surface area contributed by atoms with Gasteiger partial charge in [-0.1, -0.05) is 0 Å².